The molecule has 10 nitrogen and oxygen atoms in total. The first-order valence-electron chi connectivity index (χ1n) is 14.9. The van der Waals surface area contributed by atoms with Gasteiger partial charge < -0.3 is 25.3 Å². The number of halogens is 1. The summed E-state index contributed by atoms with van der Waals surface area (Å²) in [5.41, 5.74) is 4.51. The summed E-state index contributed by atoms with van der Waals surface area (Å²) in [6.07, 6.45) is 7.73. The third kappa shape index (κ3) is 5.59. The maximum Gasteiger partial charge on any atom is 0.320 e. The lowest BCUT2D eigenvalue weighted by Gasteiger charge is -2.16. The standard InChI is InChI=1S/C33H32ClN7O3/c34-24-16-23(28-18-38-33(40-28)26-9-5-15-36-26)31(44-19-20-6-2-1-3-7-20)30(41(42)43)29(24)22-12-10-21(11-13-22)27-17-37-32(39-27)25-8-4-14-35-25/h1-3,6-7,10-13,16-18,25-26,35-36H,4-5,8-9,14-15,19H2,(H,37,39)(H,38,40)/t25-,26-/m0/s1. The third-order valence-corrected chi connectivity index (χ3v) is 8.66. The molecule has 0 bridgehead atoms. The molecule has 0 radical (unpaired) electrons. The molecule has 2 aliphatic heterocycles. The van der Waals surface area contributed by atoms with Crippen LogP contribution in [0.2, 0.25) is 5.02 Å². The molecule has 224 valence electrons. The average Bonchev–Trinajstić information content (AvgIpc) is 3.87. The minimum atomic E-state index is -0.412. The molecule has 2 aliphatic rings. The molecule has 2 aromatic heterocycles. The molecule has 0 saturated carbocycles. The van der Waals surface area contributed by atoms with E-state index in [1.165, 1.54) is 0 Å². The van der Waals surface area contributed by atoms with Gasteiger partial charge in [-0.05, 0) is 61.5 Å². The predicted octanol–water partition coefficient (Wildman–Crippen LogP) is 7.12. The number of nitro groups is 1. The second-order valence-corrected chi connectivity index (χ2v) is 11.6. The number of nitrogens with one attached hydrogen (secondary N) is 4. The first-order chi connectivity index (χ1) is 21.5. The Hall–Kier alpha value is -4.51. The van der Waals surface area contributed by atoms with Crippen molar-refractivity contribution in [1.82, 2.24) is 30.6 Å². The summed E-state index contributed by atoms with van der Waals surface area (Å²) in [4.78, 5) is 28.3. The lowest BCUT2D eigenvalue weighted by Crippen LogP contribution is -2.14. The van der Waals surface area contributed by atoms with Gasteiger partial charge in [-0.3, -0.25) is 10.1 Å². The van der Waals surface area contributed by atoms with Gasteiger partial charge in [0.15, 0.2) is 0 Å². The van der Waals surface area contributed by atoms with Crippen LogP contribution >= 0.6 is 11.6 Å². The molecular weight excluding hydrogens is 578 g/mol. The number of benzene rings is 3. The van der Waals surface area contributed by atoms with Crippen molar-refractivity contribution in [2.75, 3.05) is 13.1 Å². The quantitative estimate of drug-likeness (QED) is 0.103. The number of hydrogen-bond acceptors (Lipinski definition) is 7. The Morgan fingerprint density at radius 1 is 0.864 bits per heavy atom. The summed E-state index contributed by atoms with van der Waals surface area (Å²) in [6, 6.07) is 19.2. The lowest BCUT2D eigenvalue weighted by atomic mass is 9.97. The molecule has 0 amide bonds. The van der Waals surface area contributed by atoms with E-state index in [9.17, 15) is 10.1 Å². The fourth-order valence-electron chi connectivity index (χ4n) is 6.11. The number of ether oxygens (including phenoxy) is 1. The Morgan fingerprint density at radius 3 is 2.09 bits per heavy atom. The minimum Gasteiger partial charge on any atom is -0.481 e. The van der Waals surface area contributed by atoms with Crippen molar-refractivity contribution in [2.24, 2.45) is 0 Å². The molecule has 5 aromatic rings. The molecule has 7 rings (SSSR count). The zero-order chi connectivity index (χ0) is 30.0. The highest BCUT2D eigenvalue weighted by Crippen LogP contribution is 2.49. The van der Waals surface area contributed by atoms with Crippen molar-refractivity contribution in [1.29, 1.82) is 0 Å². The predicted molar refractivity (Wildman–Crippen MR) is 169 cm³/mol. The minimum absolute atomic E-state index is 0.112. The summed E-state index contributed by atoms with van der Waals surface area (Å²) in [5, 5.41) is 19.9. The average molecular weight is 610 g/mol. The lowest BCUT2D eigenvalue weighted by molar-refractivity contribution is -0.385. The van der Waals surface area contributed by atoms with Crippen LogP contribution in [0.15, 0.2) is 73.1 Å². The second kappa shape index (κ2) is 12.2. The maximum absolute atomic E-state index is 12.8. The van der Waals surface area contributed by atoms with E-state index in [2.05, 4.69) is 30.6 Å². The van der Waals surface area contributed by atoms with Crippen molar-refractivity contribution in [2.45, 2.75) is 44.4 Å². The Morgan fingerprint density at radius 2 is 1.48 bits per heavy atom. The van der Waals surface area contributed by atoms with Crippen molar-refractivity contribution in [3.05, 3.63) is 105 Å². The Balaban J connectivity index is 1.28. The van der Waals surface area contributed by atoms with Crippen LogP contribution in [0.1, 0.15) is 55.0 Å². The van der Waals surface area contributed by atoms with Crippen LogP contribution in [0.4, 0.5) is 5.69 Å². The number of imidazole rings is 2. The molecule has 4 N–H and O–H groups in total. The van der Waals surface area contributed by atoms with E-state index in [4.69, 9.17) is 16.3 Å². The van der Waals surface area contributed by atoms with Crippen molar-refractivity contribution in [3.63, 3.8) is 0 Å². The number of rotatable bonds is 9. The van der Waals surface area contributed by atoms with E-state index in [1.807, 2.05) is 60.8 Å². The van der Waals surface area contributed by atoms with Crippen LogP contribution in [0.3, 0.4) is 0 Å². The molecule has 0 unspecified atom stereocenters. The van der Waals surface area contributed by atoms with E-state index in [0.717, 1.165) is 67.2 Å². The van der Waals surface area contributed by atoms with E-state index in [0.29, 0.717) is 22.4 Å². The summed E-state index contributed by atoms with van der Waals surface area (Å²) in [5.74, 6) is 1.84. The zero-order valence-corrected chi connectivity index (χ0v) is 24.7. The van der Waals surface area contributed by atoms with Crippen molar-refractivity contribution in [3.8, 4) is 39.4 Å². The molecule has 11 heteroatoms. The maximum atomic E-state index is 12.8. The molecule has 3 aromatic carbocycles. The van der Waals surface area contributed by atoms with Gasteiger partial charge in [-0.2, -0.15) is 0 Å². The highest BCUT2D eigenvalue weighted by Gasteiger charge is 2.31. The van der Waals surface area contributed by atoms with Gasteiger partial charge >= 0.3 is 5.69 Å². The van der Waals surface area contributed by atoms with Gasteiger partial charge in [0.05, 0.1) is 56.9 Å². The topological polar surface area (TPSA) is 134 Å². The SMILES string of the molecule is O=[N+]([O-])c1c(OCc2ccccc2)c(-c2cnc([C@@H]3CCCN3)[nH]2)cc(Cl)c1-c1ccc(-c2cnc([C@@H]3CCCN3)[nH]2)cc1. The first-order valence-corrected chi connectivity index (χ1v) is 15.3. The van der Waals surface area contributed by atoms with E-state index < -0.39 is 4.92 Å². The number of hydrogen-bond donors (Lipinski definition) is 4. The number of nitro benzene ring substituents is 1. The van der Waals surface area contributed by atoms with Crippen molar-refractivity contribution >= 4 is 17.3 Å². The number of nitrogens with zero attached hydrogens (tertiary/aromatic N) is 3. The molecule has 2 saturated heterocycles. The number of H-pyrrole nitrogens is 2. The van der Waals surface area contributed by atoms with Gasteiger partial charge in [0.2, 0.25) is 5.75 Å². The van der Waals surface area contributed by atoms with Gasteiger partial charge in [0.1, 0.15) is 18.3 Å². The van der Waals surface area contributed by atoms with Crippen LogP contribution < -0.4 is 15.4 Å². The van der Waals surface area contributed by atoms with Crippen LogP contribution in [-0.2, 0) is 6.61 Å². The summed E-state index contributed by atoms with van der Waals surface area (Å²) < 4.78 is 6.28. The fourth-order valence-corrected chi connectivity index (χ4v) is 6.41. The summed E-state index contributed by atoms with van der Waals surface area (Å²) in [6.45, 7) is 2.07. The van der Waals surface area contributed by atoms with Gasteiger partial charge in [-0.15, -0.1) is 0 Å². The normalized spacial score (nSPS) is 18.1. The van der Waals surface area contributed by atoms with Crippen LogP contribution in [0.5, 0.6) is 5.75 Å². The Bertz CT molecular complexity index is 1770. The molecular formula is C33H32ClN7O3. The van der Waals surface area contributed by atoms with Gasteiger partial charge in [-0.25, -0.2) is 9.97 Å². The number of aromatic amines is 2. The highest BCUT2D eigenvalue weighted by atomic mass is 35.5. The first kappa shape index (κ1) is 28.3. The monoisotopic (exact) mass is 609 g/mol. The van der Waals surface area contributed by atoms with Crippen LogP contribution in [-0.4, -0.2) is 37.9 Å². The molecule has 4 heterocycles. The summed E-state index contributed by atoms with van der Waals surface area (Å²) in [7, 11) is 0. The zero-order valence-electron chi connectivity index (χ0n) is 24.0. The van der Waals surface area contributed by atoms with Crippen LogP contribution in [0.25, 0.3) is 33.6 Å². The van der Waals surface area contributed by atoms with Gasteiger partial charge in [0, 0.05) is 0 Å². The number of aromatic nitrogens is 4. The summed E-state index contributed by atoms with van der Waals surface area (Å²) >= 11 is 6.89. The smallest absolute Gasteiger partial charge is 0.320 e. The van der Waals surface area contributed by atoms with Crippen molar-refractivity contribution < 1.29 is 9.66 Å². The van der Waals surface area contributed by atoms with E-state index >= 15 is 0 Å². The molecule has 2 atom stereocenters. The Labute approximate surface area is 259 Å². The largest absolute Gasteiger partial charge is 0.481 e. The third-order valence-electron chi connectivity index (χ3n) is 8.36. The Kier molecular flexibility index (Phi) is 7.86. The van der Waals surface area contributed by atoms with E-state index in [-0.39, 0.29) is 35.2 Å². The molecule has 44 heavy (non-hydrogen) atoms. The van der Waals surface area contributed by atoms with Crippen LogP contribution in [0, 0.1) is 10.1 Å². The fraction of sp³-hybridized carbons (Fsp3) is 0.273. The molecule has 0 spiro atoms. The molecule has 2 fully saturated rings. The molecule has 0 aliphatic carbocycles. The van der Waals surface area contributed by atoms with Gasteiger partial charge in [0.25, 0.3) is 0 Å². The highest BCUT2D eigenvalue weighted by molar-refractivity contribution is 6.34. The van der Waals surface area contributed by atoms with Gasteiger partial charge in [-0.1, -0.05) is 66.2 Å². The van der Waals surface area contributed by atoms with E-state index in [1.54, 1.807) is 12.3 Å². The second-order valence-electron chi connectivity index (χ2n) is 11.2.